The van der Waals surface area contributed by atoms with E-state index in [-0.39, 0.29) is 10.2 Å². The number of carbonyl (C=O) groups excluding carboxylic acids is 1. The van der Waals surface area contributed by atoms with Gasteiger partial charge in [-0.15, -0.1) is 0 Å². The molecule has 0 radical (unpaired) electrons. The molecule has 0 saturated heterocycles. The minimum absolute atomic E-state index is 0.0814. The smallest absolute Gasteiger partial charge is 0.243 e. The van der Waals surface area contributed by atoms with Crippen molar-refractivity contribution >= 4 is 28.8 Å². The lowest BCUT2D eigenvalue weighted by atomic mass is 10.3. The standard InChI is InChI=1S/C6H8O2S2/c1-4(5(2)7)3-10-6(8)9/h7H,1-3H2,(H,8,9). The third-order valence-electron chi connectivity index (χ3n) is 0.778. The van der Waals surface area contributed by atoms with Gasteiger partial charge in [0, 0.05) is 5.75 Å². The van der Waals surface area contributed by atoms with E-state index in [9.17, 15) is 4.79 Å². The van der Waals surface area contributed by atoms with Gasteiger partial charge in [0.05, 0.1) is 0 Å². The predicted octanol–water partition coefficient (Wildman–Crippen LogP) is 2.40. The third kappa shape index (κ3) is 4.52. The van der Waals surface area contributed by atoms with Gasteiger partial charge >= 0.3 is 0 Å². The number of thiol groups is 1. The van der Waals surface area contributed by atoms with E-state index in [1.165, 1.54) is 0 Å². The van der Waals surface area contributed by atoms with Crippen LogP contribution in [0.15, 0.2) is 24.5 Å². The molecule has 0 aliphatic rings. The van der Waals surface area contributed by atoms with Crippen molar-refractivity contribution in [3.8, 4) is 0 Å². The predicted molar refractivity (Wildman–Crippen MR) is 47.7 cm³/mol. The summed E-state index contributed by atoms with van der Waals surface area (Å²) in [6.45, 7) is 6.71. The van der Waals surface area contributed by atoms with Crippen LogP contribution in [-0.2, 0) is 0 Å². The minimum atomic E-state index is -0.289. The average molecular weight is 176 g/mol. The molecule has 0 saturated carbocycles. The number of allylic oxidation sites excluding steroid dienone is 1. The van der Waals surface area contributed by atoms with Crippen LogP contribution in [0.1, 0.15) is 0 Å². The topological polar surface area (TPSA) is 37.3 Å². The van der Waals surface area contributed by atoms with Gasteiger partial charge in [0.1, 0.15) is 5.76 Å². The van der Waals surface area contributed by atoms with E-state index < -0.39 is 0 Å². The highest BCUT2D eigenvalue weighted by Gasteiger charge is 2.00. The normalized spacial score (nSPS) is 8.90. The lowest BCUT2D eigenvalue weighted by Gasteiger charge is -1.98. The van der Waals surface area contributed by atoms with Crippen LogP contribution in [0.2, 0.25) is 0 Å². The van der Waals surface area contributed by atoms with Gasteiger partial charge in [-0.05, 0) is 5.57 Å². The Bertz CT molecular complexity index is 175. The molecule has 0 spiro atoms. The largest absolute Gasteiger partial charge is 0.508 e. The second-order valence-corrected chi connectivity index (χ2v) is 3.26. The first-order valence-corrected chi connectivity index (χ1v) is 3.89. The van der Waals surface area contributed by atoms with Crippen LogP contribution in [0, 0.1) is 0 Å². The van der Waals surface area contributed by atoms with E-state index in [2.05, 4.69) is 25.8 Å². The van der Waals surface area contributed by atoms with Crippen molar-refractivity contribution in [1.82, 2.24) is 0 Å². The summed E-state index contributed by atoms with van der Waals surface area (Å²) < 4.78 is -0.289. The Hall–Kier alpha value is -0.350. The van der Waals surface area contributed by atoms with E-state index in [1.54, 1.807) is 0 Å². The number of aliphatic hydroxyl groups is 1. The molecule has 0 rings (SSSR count). The van der Waals surface area contributed by atoms with Gasteiger partial charge < -0.3 is 5.11 Å². The van der Waals surface area contributed by atoms with E-state index in [0.29, 0.717) is 11.3 Å². The highest BCUT2D eigenvalue weighted by atomic mass is 32.2. The molecule has 0 aliphatic heterocycles. The quantitative estimate of drug-likeness (QED) is 0.394. The monoisotopic (exact) mass is 176 g/mol. The minimum Gasteiger partial charge on any atom is -0.508 e. The Morgan fingerprint density at radius 2 is 2.10 bits per heavy atom. The maximum Gasteiger partial charge on any atom is 0.243 e. The van der Waals surface area contributed by atoms with Gasteiger partial charge in [-0.2, -0.15) is 0 Å². The highest BCUT2D eigenvalue weighted by Crippen LogP contribution is 2.13. The summed E-state index contributed by atoms with van der Waals surface area (Å²) in [4.78, 5) is 10.2. The first-order valence-electron chi connectivity index (χ1n) is 2.45. The molecular weight excluding hydrogens is 168 g/mol. The Morgan fingerprint density at radius 1 is 1.60 bits per heavy atom. The summed E-state index contributed by atoms with van der Waals surface area (Å²) in [6, 6.07) is 0. The van der Waals surface area contributed by atoms with Gasteiger partial charge in [0.15, 0.2) is 0 Å². The van der Waals surface area contributed by atoms with Crippen molar-refractivity contribution in [2.45, 2.75) is 0 Å². The van der Waals surface area contributed by atoms with Crippen LogP contribution >= 0.6 is 24.4 Å². The molecule has 1 N–H and O–H groups in total. The van der Waals surface area contributed by atoms with Crippen molar-refractivity contribution in [3.05, 3.63) is 24.5 Å². The molecule has 0 atom stereocenters. The van der Waals surface area contributed by atoms with E-state index in [0.717, 1.165) is 11.8 Å². The van der Waals surface area contributed by atoms with Gasteiger partial charge in [-0.3, -0.25) is 4.79 Å². The number of aliphatic hydroxyl groups excluding tert-OH is 1. The fraction of sp³-hybridized carbons (Fsp3) is 0.167. The van der Waals surface area contributed by atoms with Gasteiger partial charge in [0.25, 0.3) is 0 Å². The van der Waals surface area contributed by atoms with Crippen molar-refractivity contribution in [2.75, 3.05) is 5.75 Å². The van der Waals surface area contributed by atoms with Crippen LogP contribution in [0.5, 0.6) is 0 Å². The average Bonchev–Trinajstić information content (AvgIpc) is 1.82. The first-order chi connectivity index (χ1) is 4.54. The Morgan fingerprint density at radius 3 is 2.40 bits per heavy atom. The van der Waals surface area contributed by atoms with Crippen LogP contribution in [-0.4, -0.2) is 15.3 Å². The second kappa shape index (κ2) is 4.46. The molecule has 0 heterocycles. The zero-order valence-electron chi connectivity index (χ0n) is 5.33. The molecule has 0 aromatic rings. The van der Waals surface area contributed by atoms with Gasteiger partial charge in [-0.25, -0.2) is 0 Å². The van der Waals surface area contributed by atoms with E-state index >= 15 is 0 Å². The fourth-order valence-corrected chi connectivity index (χ4v) is 0.890. The molecule has 0 fully saturated rings. The van der Waals surface area contributed by atoms with Crippen molar-refractivity contribution in [1.29, 1.82) is 0 Å². The second-order valence-electron chi connectivity index (χ2n) is 1.60. The summed E-state index contributed by atoms with van der Waals surface area (Å²) >= 11 is 4.49. The van der Waals surface area contributed by atoms with Crippen LogP contribution in [0.3, 0.4) is 0 Å². The summed E-state index contributed by atoms with van der Waals surface area (Å²) in [6.07, 6.45) is 0. The molecule has 0 bridgehead atoms. The molecule has 0 aromatic carbocycles. The molecule has 0 amide bonds. The molecular formula is C6H8O2S2. The van der Waals surface area contributed by atoms with Gasteiger partial charge in [0.2, 0.25) is 4.45 Å². The Balaban J connectivity index is 3.60. The Labute approximate surface area is 69.4 Å². The molecule has 0 aliphatic carbocycles. The molecule has 0 unspecified atom stereocenters. The fourth-order valence-electron chi connectivity index (χ4n) is 0.232. The molecule has 56 valence electrons. The van der Waals surface area contributed by atoms with Crippen molar-refractivity contribution in [2.24, 2.45) is 0 Å². The van der Waals surface area contributed by atoms with Crippen LogP contribution in [0.25, 0.3) is 0 Å². The number of rotatable bonds is 3. The van der Waals surface area contributed by atoms with Crippen molar-refractivity contribution < 1.29 is 9.90 Å². The first kappa shape index (κ1) is 9.65. The summed E-state index contributed by atoms with van der Waals surface area (Å²) in [5.41, 5.74) is 0.451. The van der Waals surface area contributed by atoms with Crippen LogP contribution in [0.4, 0.5) is 4.79 Å². The van der Waals surface area contributed by atoms with E-state index in [4.69, 9.17) is 5.11 Å². The van der Waals surface area contributed by atoms with Gasteiger partial charge in [-0.1, -0.05) is 37.5 Å². The maximum absolute atomic E-state index is 10.2. The SMILES string of the molecule is C=C(O)C(=C)CSC(=O)S. The highest BCUT2D eigenvalue weighted by molar-refractivity contribution is 8.32. The lowest BCUT2D eigenvalue weighted by molar-refractivity contribution is 0.277. The molecule has 4 heteroatoms. The summed E-state index contributed by atoms with van der Waals surface area (Å²) in [7, 11) is 0. The van der Waals surface area contributed by atoms with Crippen molar-refractivity contribution in [3.63, 3.8) is 0 Å². The number of thioether (sulfide) groups is 1. The zero-order chi connectivity index (χ0) is 8.15. The summed E-state index contributed by atoms with van der Waals surface area (Å²) in [5, 5.41) is 8.69. The number of hydrogen-bond acceptors (Lipinski definition) is 3. The zero-order valence-corrected chi connectivity index (χ0v) is 7.04. The van der Waals surface area contributed by atoms with E-state index in [1.807, 2.05) is 0 Å². The number of carbonyl (C=O) groups is 1. The molecule has 0 aromatic heterocycles. The molecule has 2 nitrogen and oxygen atoms in total. The lowest BCUT2D eigenvalue weighted by Crippen LogP contribution is -1.89. The third-order valence-corrected chi connectivity index (χ3v) is 1.91. The summed E-state index contributed by atoms with van der Waals surface area (Å²) in [5.74, 6) is 0.264. The number of hydrogen-bond donors (Lipinski definition) is 2. The molecule has 10 heavy (non-hydrogen) atoms. The maximum atomic E-state index is 10.2. The Kier molecular flexibility index (Phi) is 4.31. The van der Waals surface area contributed by atoms with Crippen LogP contribution < -0.4 is 0 Å².